The van der Waals surface area contributed by atoms with E-state index < -0.39 is 0 Å². The summed E-state index contributed by atoms with van der Waals surface area (Å²) < 4.78 is 0. The van der Waals surface area contributed by atoms with Crippen molar-refractivity contribution < 1.29 is 0 Å². The van der Waals surface area contributed by atoms with Gasteiger partial charge in [0.05, 0.1) is 5.41 Å². The summed E-state index contributed by atoms with van der Waals surface area (Å²) in [5.74, 6) is 1.56. The van der Waals surface area contributed by atoms with E-state index >= 15 is 0 Å². The Morgan fingerprint density at radius 2 is 1.03 bits per heavy atom. The molecule has 0 heterocycles. The van der Waals surface area contributed by atoms with Gasteiger partial charge in [0, 0.05) is 5.54 Å². The van der Waals surface area contributed by atoms with E-state index in [2.05, 4.69) is 124 Å². The van der Waals surface area contributed by atoms with Crippen molar-refractivity contribution in [1.82, 2.24) is 4.90 Å². The number of nitrogens with zero attached hydrogens (tertiary/aromatic N) is 1. The van der Waals surface area contributed by atoms with Crippen LogP contribution in [0, 0.1) is 11.8 Å². The topological polar surface area (TPSA) is 3.24 Å². The second-order valence-corrected chi connectivity index (χ2v) is 9.86. The number of likely N-dealkylation sites (N-methyl/N-ethyl adjacent to an activating group) is 1. The van der Waals surface area contributed by atoms with Crippen molar-refractivity contribution >= 4 is 0 Å². The molecule has 4 rings (SSSR count). The van der Waals surface area contributed by atoms with Gasteiger partial charge in [-0.1, -0.05) is 105 Å². The van der Waals surface area contributed by atoms with Gasteiger partial charge in [0.25, 0.3) is 0 Å². The smallest absolute Gasteiger partial charge is 0.0634 e. The summed E-state index contributed by atoms with van der Waals surface area (Å²) in [5.41, 5.74) is 3.95. The minimum Gasteiger partial charge on any atom is -0.302 e. The largest absolute Gasteiger partial charge is 0.302 e. The number of benzene rings is 3. The zero-order valence-electron chi connectivity index (χ0n) is 19.6. The van der Waals surface area contributed by atoms with E-state index in [1.54, 1.807) is 0 Å². The highest BCUT2D eigenvalue weighted by Crippen LogP contribution is 2.56. The van der Waals surface area contributed by atoms with Crippen LogP contribution in [0.2, 0.25) is 0 Å². The van der Waals surface area contributed by atoms with E-state index in [0.29, 0.717) is 0 Å². The highest BCUT2D eigenvalue weighted by atomic mass is 15.2. The maximum atomic E-state index is 2.55. The molecule has 0 unspecified atom stereocenters. The summed E-state index contributed by atoms with van der Waals surface area (Å²) in [5, 5.41) is 0. The summed E-state index contributed by atoms with van der Waals surface area (Å²) in [6.45, 7) is 4.79. The van der Waals surface area contributed by atoms with Gasteiger partial charge in [-0.3, -0.25) is 0 Å². The second kappa shape index (κ2) is 9.01. The standard InChI is InChI=1S/C30H37N/c1-24(2)25-20-22-29(23-21-25,31(3)4)30(26-14-8-5-9-15-26,27-16-10-6-11-17-27)28-18-12-7-13-19-28/h5-19,24-25H,20-23H2,1-4H3. The lowest BCUT2D eigenvalue weighted by Gasteiger charge is -2.58. The van der Waals surface area contributed by atoms with E-state index in [0.717, 1.165) is 11.8 Å². The van der Waals surface area contributed by atoms with Gasteiger partial charge in [-0.25, -0.2) is 0 Å². The van der Waals surface area contributed by atoms with Gasteiger partial charge < -0.3 is 4.90 Å². The molecule has 0 atom stereocenters. The Balaban J connectivity index is 2.04. The van der Waals surface area contributed by atoms with Crippen molar-refractivity contribution in [3.05, 3.63) is 108 Å². The van der Waals surface area contributed by atoms with Crippen LogP contribution in [0.5, 0.6) is 0 Å². The van der Waals surface area contributed by atoms with Crippen molar-refractivity contribution in [2.75, 3.05) is 14.1 Å². The molecule has 31 heavy (non-hydrogen) atoms. The first-order valence-corrected chi connectivity index (χ1v) is 11.9. The lowest BCUT2D eigenvalue weighted by atomic mass is 9.52. The van der Waals surface area contributed by atoms with Crippen LogP contribution in [0.4, 0.5) is 0 Å². The average molecular weight is 412 g/mol. The zero-order chi connectivity index (χ0) is 21.9. The van der Waals surface area contributed by atoms with Crippen molar-refractivity contribution in [2.45, 2.75) is 50.5 Å². The fourth-order valence-corrected chi connectivity index (χ4v) is 6.31. The maximum absolute atomic E-state index is 2.55. The van der Waals surface area contributed by atoms with E-state index in [9.17, 15) is 0 Å². The zero-order valence-corrected chi connectivity index (χ0v) is 19.6. The molecular formula is C30H37N. The molecule has 1 aliphatic carbocycles. The molecule has 0 radical (unpaired) electrons. The Labute approximate surface area is 189 Å². The van der Waals surface area contributed by atoms with Gasteiger partial charge in [-0.2, -0.15) is 0 Å². The molecule has 0 aliphatic heterocycles. The fourth-order valence-electron chi connectivity index (χ4n) is 6.31. The fraction of sp³-hybridized carbons (Fsp3) is 0.400. The molecule has 0 amide bonds. The van der Waals surface area contributed by atoms with Gasteiger partial charge in [-0.05, 0) is 68.3 Å². The van der Waals surface area contributed by atoms with Crippen LogP contribution in [0.15, 0.2) is 91.0 Å². The molecule has 162 valence electrons. The molecule has 1 fully saturated rings. The first-order chi connectivity index (χ1) is 15.0. The van der Waals surface area contributed by atoms with E-state index in [1.165, 1.54) is 42.4 Å². The van der Waals surface area contributed by atoms with Gasteiger partial charge in [-0.15, -0.1) is 0 Å². The molecule has 0 N–H and O–H groups in total. The van der Waals surface area contributed by atoms with E-state index in [4.69, 9.17) is 0 Å². The Morgan fingerprint density at radius 1 is 0.677 bits per heavy atom. The Hall–Kier alpha value is -2.38. The van der Waals surface area contributed by atoms with Gasteiger partial charge in [0.15, 0.2) is 0 Å². The molecule has 1 aliphatic rings. The monoisotopic (exact) mass is 411 g/mol. The Morgan fingerprint density at radius 3 is 1.32 bits per heavy atom. The molecule has 0 bridgehead atoms. The van der Waals surface area contributed by atoms with Gasteiger partial charge >= 0.3 is 0 Å². The number of hydrogen-bond donors (Lipinski definition) is 0. The summed E-state index contributed by atoms with van der Waals surface area (Å²) in [6.07, 6.45) is 4.96. The van der Waals surface area contributed by atoms with Crippen LogP contribution in [-0.4, -0.2) is 24.5 Å². The molecule has 3 aromatic carbocycles. The third-order valence-electron chi connectivity index (χ3n) is 7.97. The SMILES string of the molecule is CC(C)C1CCC(N(C)C)(C(c2ccccc2)(c2ccccc2)c2ccccc2)CC1. The van der Waals surface area contributed by atoms with Crippen molar-refractivity contribution in [1.29, 1.82) is 0 Å². The third kappa shape index (κ3) is 3.64. The first kappa shape index (κ1) is 21.8. The minimum atomic E-state index is -0.234. The normalized spacial score (nSPS) is 22.1. The first-order valence-electron chi connectivity index (χ1n) is 11.9. The van der Waals surface area contributed by atoms with Crippen LogP contribution >= 0.6 is 0 Å². The molecule has 0 aromatic heterocycles. The Kier molecular flexibility index (Phi) is 6.34. The average Bonchev–Trinajstić information content (AvgIpc) is 2.82. The van der Waals surface area contributed by atoms with Crippen LogP contribution in [0.3, 0.4) is 0 Å². The van der Waals surface area contributed by atoms with E-state index in [-0.39, 0.29) is 11.0 Å². The highest BCUT2D eigenvalue weighted by Gasteiger charge is 2.56. The lowest BCUT2D eigenvalue weighted by molar-refractivity contribution is 0.0251. The van der Waals surface area contributed by atoms with Crippen LogP contribution in [-0.2, 0) is 5.41 Å². The van der Waals surface area contributed by atoms with Crippen molar-refractivity contribution in [3.63, 3.8) is 0 Å². The number of hydrogen-bond acceptors (Lipinski definition) is 1. The minimum absolute atomic E-state index is 0.00243. The van der Waals surface area contributed by atoms with Crippen molar-refractivity contribution in [2.24, 2.45) is 11.8 Å². The predicted octanol–water partition coefficient (Wildman–Crippen LogP) is 7.17. The second-order valence-electron chi connectivity index (χ2n) is 9.86. The maximum Gasteiger partial charge on any atom is 0.0634 e. The van der Waals surface area contributed by atoms with Crippen molar-refractivity contribution in [3.8, 4) is 0 Å². The summed E-state index contributed by atoms with van der Waals surface area (Å²) in [7, 11) is 4.61. The van der Waals surface area contributed by atoms with Gasteiger partial charge in [0.1, 0.15) is 0 Å². The molecule has 0 saturated heterocycles. The highest BCUT2D eigenvalue weighted by molar-refractivity contribution is 5.55. The third-order valence-corrected chi connectivity index (χ3v) is 7.97. The predicted molar refractivity (Wildman–Crippen MR) is 132 cm³/mol. The molecule has 1 nitrogen and oxygen atoms in total. The van der Waals surface area contributed by atoms with Crippen LogP contribution in [0.25, 0.3) is 0 Å². The molecular weight excluding hydrogens is 374 g/mol. The quantitative estimate of drug-likeness (QED) is 0.389. The number of rotatable bonds is 6. The summed E-state index contributed by atoms with van der Waals surface area (Å²) in [6, 6.07) is 33.7. The molecule has 1 saturated carbocycles. The molecule has 1 heteroatoms. The van der Waals surface area contributed by atoms with Crippen LogP contribution in [0.1, 0.15) is 56.2 Å². The Bertz CT molecular complexity index is 839. The molecule has 0 spiro atoms. The van der Waals surface area contributed by atoms with Gasteiger partial charge in [0.2, 0.25) is 0 Å². The molecule has 3 aromatic rings. The van der Waals surface area contributed by atoms with Crippen LogP contribution < -0.4 is 0 Å². The lowest BCUT2D eigenvalue weighted by Crippen LogP contribution is -2.62. The summed E-state index contributed by atoms with van der Waals surface area (Å²) in [4.78, 5) is 2.55. The van der Waals surface area contributed by atoms with E-state index in [1.807, 2.05) is 0 Å². The summed E-state index contributed by atoms with van der Waals surface area (Å²) >= 11 is 0.